The van der Waals surface area contributed by atoms with Crippen LogP contribution in [0.3, 0.4) is 0 Å². The van der Waals surface area contributed by atoms with E-state index in [2.05, 4.69) is 29.7 Å². The second-order valence-electron chi connectivity index (χ2n) is 5.75. The predicted molar refractivity (Wildman–Crippen MR) is 99.8 cm³/mol. The first kappa shape index (κ1) is 17.9. The van der Waals surface area contributed by atoms with Crippen LogP contribution in [-0.4, -0.2) is 19.6 Å². The molecule has 2 aromatic carbocycles. The molecule has 0 unspecified atom stereocenters. The molecule has 0 radical (unpaired) electrons. The van der Waals surface area contributed by atoms with E-state index in [1.165, 1.54) is 5.56 Å². The molecule has 2 aromatic rings. The molecule has 0 heterocycles. The Morgan fingerprint density at radius 1 is 1.00 bits per heavy atom. The summed E-state index contributed by atoms with van der Waals surface area (Å²) in [6.45, 7) is 2.94. The van der Waals surface area contributed by atoms with Crippen LogP contribution < -0.4 is 15.4 Å². The molecule has 0 aliphatic carbocycles. The van der Waals surface area contributed by atoms with Crippen molar-refractivity contribution >= 4 is 17.3 Å². The summed E-state index contributed by atoms with van der Waals surface area (Å²) in [6, 6.07) is 16.0. The number of hydrogen-bond acceptors (Lipinski definition) is 3. The molecule has 24 heavy (non-hydrogen) atoms. The van der Waals surface area contributed by atoms with Crippen LogP contribution in [0.25, 0.3) is 0 Å². The molecule has 0 aliphatic rings. The number of ether oxygens (including phenoxy) is 1. The molecular formula is C20H26N2O2. The summed E-state index contributed by atoms with van der Waals surface area (Å²) in [4.78, 5) is 11.7. The Labute approximate surface area is 144 Å². The van der Waals surface area contributed by atoms with Crippen LogP contribution in [0.2, 0.25) is 0 Å². The van der Waals surface area contributed by atoms with Gasteiger partial charge in [-0.15, -0.1) is 0 Å². The number of nitrogens with one attached hydrogen (secondary N) is 2. The van der Waals surface area contributed by atoms with Crippen LogP contribution in [0.4, 0.5) is 11.4 Å². The molecule has 0 atom stereocenters. The van der Waals surface area contributed by atoms with Crippen molar-refractivity contribution in [2.75, 3.05) is 24.3 Å². The molecule has 2 N–H and O–H groups in total. The zero-order valence-electron chi connectivity index (χ0n) is 14.5. The molecule has 0 bridgehead atoms. The van der Waals surface area contributed by atoms with Crippen LogP contribution in [0.1, 0.15) is 31.7 Å². The van der Waals surface area contributed by atoms with E-state index >= 15 is 0 Å². The number of carbonyl (C=O) groups is 1. The number of carbonyl (C=O) groups excluding carboxylic acids is 1. The first-order valence-electron chi connectivity index (χ1n) is 8.48. The first-order chi connectivity index (χ1) is 11.7. The van der Waals surface area contributed by atoms with Gasteiger partial charge in [0, 0.05) is 24.3 Å². The zero-order chi connectivity index (χ0) is 17.2. The Morgan fingerprint density at radius 2 is 1.67 bits per heavy atom. The fourth-order valence-electron chi connectivity index (χ4n) is 2.38. The third-order valence-electron chi connectivity index (χ3n) is 3.83. The SMILES string of the molecule is CCCCC(=O)Nc1ccc(NCCc2ccc(OC)cc2)cc1. The Bertz CT molecular complexity index is 621. The standard InChI is InChI=1S/C20H26N2O2/c1-3-4-5-20(23)22-18-10-8-17(9-11-18)21-15-14-16-6-12-19(24-2)13-7-16/h6-13,21H,3-5,14-15H2,1-2H3,(H,22,23). The lowest BCUT2D eigenvalue weighted by molar-refractivity contribution is -0.116. The van der Waals surface area contributed by atoms with Crippen molar-refractivity contribution in [3.05, 3.63) is 54.1 Å². The van der Waals surface area contributed by atoms with Crippen molar-refractivity contribution in [1.29, 1.82) is 0 Å². The number of rotatable bonds is 9. The highest BCUT2D eigenvalue weighted by Gasteiger charge is 2.01. The maximum atomic E-state index is 11.7. The van der Waals surface area contributed by atoms with Gasteiger partial charge in [-0.05, 0) is 54.8 Å². The van der Waals surface area contributed by atoms with E-state index in [0.717, 1.165) is 42.9 Å². The van der Waals surface area contributed by atoms with Crippen molar-refractivity contribution in [3.8, 4) is 5.75 Å². The molecule has 0 saturated carbocycles. The first-order valence-corrected chi connectivity index (χ1v) is 8.48. The van der Waals surface area contributed by atoms with Gasteiger partial charge in [-0.2, -0.15) is 0 Å². The second-order valence-corrected chi connectivity index (χ2v) is 5.75. The van der Waals surface area contributed by atoms with E-state index < -0.39 is 0 Å². The number of hydrogen-bond donors (Lipinski definition) is 2. The molecule has 0 spiro atoms. The number of benzene rings is 2. The molecule has 0 aromatic heterocycles. The third-order valence-corrected chi connectivity index (χ3v) is 3.83. The molecule has 2 rings (SSSR count). The van der Waals surface area contributed by atoms with Crippen molar-refractivity contribution in [1.82, 2.24) is 0 Å². The van der Waals surface area contributed by atoms with Crippen molar-refractivity contribution in [2.24, 2.45) is 0 Å². The lowest BCUT2D eigenvalue weighted by atomic mass is 10.1. The van der Waals surface area contributed by atoms with E-state index in [1.54, 1.807) is 7.11 Å². The highest BCUT2D eigenvalue weighted by atomic mass is 16.5. The Kier molecular flexibility index (Phi) is 7.15. The molecule has 0 saturated heterocycles. The molecule has 4 nitrogen and oxygen atoms in total. The van der Waals surface area contributed by atoms with Gasteiger partial charge in [0.15, 0.2) is 0 Å². The number of anilines is 2. The van der Waals surface area contributed by atoms with Gasteiger partial charge in [0.2, 0.25) is 5.91 Å². The second kappa shape index (κ2) is 9.60. The van der Waals surface area contributed by atoms with Gasteiger partial charge in [-0.1, -0.05) is 25.5 Å². The van der Waals surface area contributed by atoms with E-state index in [1.807, 2.05) is 36.4 Å². The molecular weight excluding hydrogens is 300 g/mol. The molecule has 4 heteroatoms. The van der Waals surface area contributed by atoms with Gasteiger partial charge >= 0.3 is 0 Å². The summed E-state index contributed by atoms with van der Waals surface area (Å²) in [5.41, 5.74) is 3.16. The van der Waals surface area contributed by atoms with Gasteiger partial charge in [0.1, 0.15) is 5.75 Å². The Balaban J connectivity index is 1.75. The largest absolute Gasteiger partial charge is 0.497 e. The van der Waals surface area contributed by atoms with Crippen LogP contribution in [0.5, 0.6) is 5.75 Å². The van der Waals surface area contributed by atoms with Gasteiger partial charge in [0.25, 0.3) is 0 Å². The number of unbranched alkanes of at least 4 members (excludes halogenated alkanes) is 1. The van der Waals surface area contributed by atoms with E-state index in [9.17, 15) is 4.79 Å². The van der Waals surface area contributed by atoms with Crippen LogP contribution in [0, 0.1) is 0 Å². The number of methoxy groups -OCH3 is 1. The monoisotopic (exact) mass is 326 g/mol. The number of amides is 1. The van der Waals surface area contributed by atoms with Crippen molar-refractivity contribution < 1.29 is 9.53 Å². The van der Waals surface area contributed by atoms with E-state index in [4.69, 9.17) is 4.74 Å². The van der Waals surface area contributed by atoms with E-state index in [0.29, 0.717) is 6.42 Å². The summed E-state index contributed by atoms with van der Waals surface area (Å²) in [6.07, 6.45) is 3.49. The van der Waals surface area contributed by atoms with Gasteiger partial charge in [0.05, 0.1) is 7.11 Å². The molecule has 1 amide bonds. The highest BCUT2D eigenvalue weighted by molar-refractivity contribution is 5.90. The summed E-state index contributed by atoms with van der Waals surface area (Å²) in [5, 5.41) is 6.31. The zero-order valence-corrected chi connectivity index (χ0v) is 14.5. The topological polar surface area (TPSA) is 50.4 Å². The minimum Gasteiger partial charge on any atom is -0.497 e. The molecule has 128 valence electrons. The maximum absolute atomic E-state index is 11.7. The lowest BCUT2D eigenvalue weighted by Gasteiger charge is -2.09. The quantitative estimate of drug-likeness (QED) is 0.714. The summed E-state index contributed by atoms with van der Waals surface area (Å²) < 4.78 is 5.16. The van der Waals surface area contributed by atoms with Crippen molar-refractivity contribution in [2.45, 2.75) is 32.6 Å². The maximum Gasteiger partial charge on any atom is 0.224 e. The fourth-order valence-corrected chi connectivity index (χ4v) is 2.38. The average Bonchev–Trinajstić information content (AvgIpc) is 2.62. The van der Waals surface area contributed by atoms with E-state index in [-0.39, 0.29) is 5.91 Å². The molecule has 0 aliphatic heterocycles. The van der Waals surface area contributed by atoms with Crippen LogP contribution in [-0.2, 0) is 11.2 Å². The minimum atomic E-state index is 0.0806. The Morgan fingerprint density at radius 3 is 2.29 bits per heavy atom. The average molecular weight is 326 g/mol. The summed E-state index contributed by atoms with van der Waals surface area (Å²) in [5.74, 6) is 0.959. The van der Waals surface area contributed by atoms with Crippen LogP contribution >= 0.6 is 0 Å². The summed E-state index contributed by atoms with van der Waals surface area (Å²) >= 11 is 0. The summed E-state index contributed by atoms with van der Waals surface area (Å²) in [7, 11) is 1.67. The molecule has 0 fully saturated rings. The van der Waals surface area contributed by atoms with Gasteiger partial charge in [-0.3, -0.25) is 4.79 Å². The fraction of sp³-hybridized carbons (Fsp3) is 0.350. The smallest absolute Gasteiger partial charge is 0.224 e. The third kappa shape index (κ3) is 5.95. The van der Waals surface area contributed by atoms with Gasteiger partial charge in [-0.25, -0.2) is 0 Å². The van der Waals surface area contributed by atoms with Crippen molar-refractivity contribution in [3.63, 3.8) is 0 Å². The normalized spacial score (nSPS) is 10.2. The van der Waals surface area contributed by atoms with Crippen LogP contribution in [0.15, 0.2) is 48.5 Å². The Hall–Kier alpha value is -2.49. The minimum absolute atomic E-state index is 0.0806. The lowest BCUT2D eigenvalue weighted by Crippen LogP contribution is -2.11. The predicted octanol–water partition coefficient (Wildman–Crippen LogP) is 4.48. The highest BCUT2D eigenvalue weighted by Crippen LogP contribution is 2.15. The van der Waals surface area contributed by atoms with Gasteiger partial charge < -0.3 is 15.4 Å².